The van der Waals surface area contributed by atoms with Gasteiger partial charge in [0, 0.05) is 20.6 Å². The molecular weight excluding hydrogens is 194 g/mol. The van der Waals surface area contributed by atoms with Crippen molar-refractivity contribution in [2.45, 2.75) is 13.5 Å². The molecule has 6 heteroatoms. The van der Waals surface area contributed by atoms with Crippen LogP contribution < -0.4 is 11.2 Å². The van der Waals surface area contributed by atoms with Gasteiger partial charge in [-0.25, -0.2) is 9.78 Å². The Kier molecular flexibility index (Phi) is 2.18. The molecule has 0 saturated carbocycles. The number of rotatable bonds is 1. The molecule has 0 saturated heterocycles. The smallest absolute Gasteiger partial charge is 0.317 e. The van der Waals surface area contributed by atoms with Crippen LogP contribution >= 0.6 is 0 Å². The highest BCUT2D eigenvalue weighted by Gasteiger charge is 2.08. The lowest BCUT2D eigenvalue weighted by molar-refractivity contribution is 0.725. The van der Waals surface area contributed by atoms with Gasteiger partial charge in [0.15, 0.2) is 5.49 Å². The van der Waals surface area contributed by atoms with Crippen molar-refractivity contribution in [1.82, 2.24) is 19.1 Å². The summed E-state index contributed by atoms with van der Waals surface area (Å²) in [7, 11) is 3.39. The van der Waals surface area contributed by atoms with Crippen LogP contribution in [0.3, 0.4) is 0 Å². The minimum atomic E-state index is -0.148. The lowest BCUT2D eigenvalue weighted by Crippen LogP contribution is -2.15. The fourth-order valence-corrected chi connectivity index (χ4v) is 1.65. The standard InChI is InChI=1S/C9H13N5O/c1-4-14-5-11-7(10-2)6-8(14)13(3)9(15)12-6/h5H,4H2,1-3H3,(H,12,15). The molecule has 0 atom stereocenters. The highest BCUT2D eigenvalue weighted by Crippen LogP contribution is 2.02. The van der Waals surface area contributed by atoms with Crippen molar-refractivity contribution in [2.24, 2.45) is 12.0 Å². The predicted molar refractivity (Wildman–Crippen MR) is 56.5 cm³/mol. The topological polar surface area (TPSA) is 68.0 Å². The van der Waals surface area contributed by atoms with Crippen LogP contribution in [0.15, 0.2) is 16.1 Å². The van der Waals surface area contributed by atoms with Crippen molar-refractivity contribution in [3.05, 3.63) is 22.3 Å². The maximum Gasteiger partial charge on any atom is 0.327 e. The van der Waals surface area contributed by atoms with E-state index in [1.165, 1.54) is 0 Å². The van der Waals surface area contributed by atoms with Crippen LogP contribution in [0.1, 0.15) is 6.92 Å². The van der Waals surface area contributed by atoms with Gasteiger partial charge in [0.25, 0.3) is 0 Å². The van der Waals surface area contributed by atoms with Gasteiger partial charge in [0.2, 0.25) is 0 Å². The maximum absolute atomic E-state index is 11.5. The van der Waals surface area contributed by atoms with Gasteiger partial charge in [-0.15, -0.1) is 0 Å². The SMILES string of the molecule is CCn1cnc(=NC)c2[nH]c(=O)n(C)c21. The number of imidazole rings is 1. The summed E-state index contributed by atoms with van der Waals surface area (Å²) in [6.07, 6.45) is 1.69. The summed E-state index contributed by atoms with van der Waals surface area (Å²) in [5.41, 5.74) is 1.92. The minimum Gasteiger partial charge on any atom is -0.317 e. The van der Waals surface area contributed by atoms with Gasteiger partial charge >= 0.3 is 5.69 Å². The number of H-pyrrole nitrogens is 1. The molecule has 0 aromatic carbocycles. The number of hydrogen-bond donors (Lipinski definition) is 1. The number of hydrogen-bond acceptors (Lipinski definition) is 3. The van der Waals surface area contributed by atoms with E-state index in [1.54, 1.807) is 25.0 Å². The van der Waals surface area contributed by atoms with Crippen molar-refractivity contribution >= 4 is 11.2 Å². The molecule has 2 rings (SSSR count). The van der Waals surface area contributed by atoms with Gasteiger partial charge in [-0.2, -0.15) is 0 Å². The minimum absolute atomic E-state index is 0.148. The molecule has 0 amide bonds. The van der Waals surface area contributed by atoms with Crippen LogP contribution in [0.25, 0.3) is 11.2 Å². The lowest BCUT2D eigenvalue weighted by Gasteiger charge is -2.05. The van der Waals surface area contributed by atoms with Crippen molar-refractivity contribution in [3.63, 3.8) is 0 Å². The Hall–Kier alpha value is -1.85. The predicted octanol–water partition coefficient (Wildman–Crippen LogP) is -0.386. The second-order valence-corrected chi connectivity index (χ2v) is 3.27. The van der Waals surface area contributed by atoms with Gasteiger partial charge in [0.05, 0.1) is 6.33 Å². The van der Waals surface area contributed by atoms with E-state index in [2.05, 4.69) is 15.0 Å². The van der Waals surface area contributed by atoms with Crippen LogP contribution in [0.4, 0.5) is 0 Å². The first-order valence-electron chi connectivity index (χ1n) is 4.76. The lowest BCUT2D eigenvalue weighted by atomic mass is 10.5. The van der Waals surface area contributed by atoms with Crippen LogP contribution in [0.2, 0.25) is 0 Å². The molecule has 0 aliphatic heterocycles. The molecule has 2 aromatic rings. The van der Waals surface area contributed by atoms with Crippen LogP contribution in [-0.4, -0.2) is 26.1 Å². The summed E-state index contributed by atoms with van der Waals surface area (Å²) in [6, 6.07) is 0. The summed E-state index contributed by atoms with van der Waals surface area (Å²) in [5.74, 6) is 0. The summed E-state index contributed by atoms with van der Waals surface area (Å²) >= 11 is 0. The molecule has 15 heavy (non-hydrogen) atoms. The fraction of sp³-hybridized carbons (Fsp3) is 0.444. The van der Waals surface area contributed by atoms with E-state index in [4.69, 9.17) is 0 Å². The molecule has 0 spiro atoms. The number of aromatic nitrogens is 4. The summed E-state index contributed by atoms with van der Waals surface area (Å²) in [4.78, 5) is 22.4. The van der Waals surface area contributed by atoms with E-state index in [0.29, 0.717) is 11.0 Å². The molecule has 2 heterocycles. The van der Waals surface area contributed by atoms with Gasteiger partial charge in [-0.05, 0) is 6.92 Å². The molecule has 0 fully saturated rings. The third kappa shape index (κ3) is 1.29. The third-order valence-corrected chi connectivity index (χ3v) is 2.45. The van der Waals surface area contributed by atoms with Crippen LogP contribution in [-0.2, 0) is 13.6 Å². The van der Waals surface area contributed by atoms with E-state index in [0.717, 1.165) is 12.2 Å². The zero-order chi connectivity index (χ0) is 11.0. The van der Waals surface area contributed by atoms with E-state index >= 15 is 0 Å². The molecule has 0 unspecified atom stereocenters. The van der Waals surface area contributed by atoms with E-state index in [-0.39, 0.29) is 5.69 Å². The Labute approximate surface area is 85.9 Å². The summed E-state index contributed by atoms with van der Waals surface area (Å²) < 4.78 is 3.47. The number of nitrogens with one attached hydrogen (secondary N) is 1. The maximum atomic E-state index is 11.5. The van der Waals surface area contributed by atoms with Gasteiger partial charge < -0.3 is 9.55 Å². The van der Waals surface area contributed by atoms with Crippen molar-refractivity contribution in [1.29, 1.82) is 0 Å². The van der Waals surface area contributed by atoms with E-state index in [1.807, 2.05) is 11.5 Å². The van der Waals surface area contributed by atoms with Crippen molar-refractivity contribution in [2.75, 3.05) is 7.05 Å². The number of aromatic amines is 1. The summed E-state index contributed by atoms with van der Waals surface area (Å²) in [5, 5.41) is 0. The molecule has 0 aliphatic rings. The van der Waals surface area contributed by atoms with Crippen LogP contribution in [0, 0.1) is 0 Å². The van der Waals surface area contributed by atoms with E-state index < -0.39 is 0 Å². The first-order valence-corrected chi connectivity index (χ1v) is 4.76. The average molecular weight is 207 g/mol. The molecular formula is C9H13N5O. The molecule has 6 nitrogen and oxygen atoms in total. The molecule has 0 aliphatic carbocycles. The molecule has 0 radical (unpaired) electrons. The van der Waals surface area contributed by atoms with Crippen molar-refractivity contribution < 1.29 is 0 Å². The Bertz CT molecular complexity index is 615. The Morgan fingerprint density at radius 1 is 1.60 bits per heavy atom. The highest BCUT2D eigenvalue weighted by molar-refractivity contribution is 5.69. The second kappa shape index (κ2) is 3.38. The number of nitrogens with zero attached hydrogens (tertiary/aromatic N) is 4. The first kappa shape index (κ1) is 9.70. The molecule has 80 valence electrons. The fourth-order valence-electron chi connectivity index (χ4n) is 1.65. The normalized spacial score (nSPS) is 12.6. The monoisotopic (exact) mass is 207 g/mol. The molecule has 1 N–H and O–H groups in total. The van der Waals surface area contributed by atoms with Gasteiger partial charge in [-0.1, -0.05) is 0 Å². The molecule has 2 aromatic heterocycles. The van der Waals surface area contributed by atoms with E-state index in [9.17, 15) is 4.79 Å². The third-order valence-electron chi connectivity index (χ3n) is 2.45. The number of aryl methyl sites for hydroxylation is 2. The Balaban J connectivity index is 3.07. The zero-order valence-corrected chi connectivity index (χ0v) is 8.98. The average Bonchev–Trinajstić information content (AvgIpc) is 2.55. The first-order chi connectivity index (χ1) is 7.19. The van der Waals surface area contributed by atoms with Gasteiger partial charge in [0.1, 0.15) is 11.2 Å². The zero-order valence-electron chi connectivity index (χ0n) is 8.98. The van der Waals surface area contributed by atoms with Crippen LogP contribution in [0.5, 0.6) is 0 Å². The Morgan fingerprint density at radius 2 is 2.33 bits per heavy atom. The summed E-state index contributed by atoms with van der Waals surface area (Å²) in [6.45, 7) is 2.76. The highest BCUT2D eigenvalue weighted by atomic mass is 16.1. The molecule has 0 bridgehead atoms. The Morgan fingerprint density at radius 3 is 2.93 bits per heavy atom. The quantitative estimate of drug-likeness (QED) is 0.692. The number of fused-ring (bicyclic) bond motifs is 1. The van der Waals surface area contributed by atoms with Gasteiger partial charge in [-0.3, -0.25) is 9.56 Å². The van der Waals surface area contributed by atoms with Crippen molar-refractivity contribution in [3.8, 4) is 0 Å². The second-order valence-electron chi connectivity index (χ2n) is 3.27. The largest absolute Gasteiger partial charge is 0.327 e.